The highest BCUT2D eigenvalue weighted by molar-refractivity contribution is 5.90. The minimum Gasteiger partial charge on any atom is -0.465 e. The zero-order valence-corrected chi connectivity index (χ0v) is 16.4. The molecular weight excluding hydrogens is 310 g/mol. The van der Waals surface area contributed by atoms with Gasteiger partial charge in [0.05, 0.1) is 12.7 Å². The number of carbonyl (C=O) groups is 1. The van der Waals surface area contributed by atoms with Gasteiger partial charge in [0, 0.05) is 12.4 Å². The highest BCUT2D eigenvalue weighted by atomic mass is 16.5. The van der Waals surface area contributed by atoms with Gasteiger partial charge in [0.25, 0.3) is 0 Å². The van der Waals surface area contributed by atoms with Crippen LogP contribution in [0.3, 0.4) is 0 Å². The van der Waals surface area contributed by atoms with Crippen LogP contribution in [0.15, 0.2) is 18.5 Å². The van der Waals surface area contributed by atoms with Gasteiger partial charge in [-0.05, 0) is 24.5 Å². The van der Waals surface area contributed by atoms with Gasteiger partial charge in [0.15, 0.2) is 0 Å². The molecule has 0 aromatic carbocycles. The summed E-state index contributed by atoms with van der Waals surface area (Å²) in [6, 6.07) is 1.94. The molecule has 0 N–H and O–H groups in total. The molecule has 0 aliphatic rings. The number of pyridine rings is 1. The first-order valence-electron chi connectivity index (χ1n) is 10.3. The number of hydrogen-bond acceptors (Lipinski definition) is 3. The van der Waals surface area contributed by atoms with Crippen molar-refractivity contribution in [3.05, 3.63) is 29.6 Å². The summed E-state index contributed by atoms with van der Waals surface area (Å²) in [6.45, 7) is 2.27. The van der Waals surface area contributed by atoms with Crippen molar-refractivity contribution in [1.29, 1.82) is 0 Å². The van der Waals surface area contributed by atoms with E-state index in [-0.39, 0.29) is 5.97 Å². The first kappa shape index (κ1) is 21.7. The van der Waals surface area contributed by atoms with Crippen molar-refractivity contribution in [2.45, 2.75) is 96.8 Å². The lowest BCUT2D eigenvalue weighted by Gasteiger charge is -2.07. The molecule has 3 heteroatoms. The van der Waals surface area contributed by atoms with Gasteiger partial charge in [-0.3, -0.25) is 4.98 Å². The molecule has 0 saturated carbocycles. The fourth-order valence-corrected chi connectivity index (χ4v) is 3.27. The van der Waals surface area contributed by atoms with Crippen LogP contribution in [0.1, 0.15) is 106 Å². The van der Waals surface area contributed by atoms with Gasteiger partial charge in [-0.2, -0.15) is 0 Å². The average molecular weight is 348 g/mol. The highest BCUT2D eigenvalue weighted by Gasteiger charge is 2.10. The SMILES string of the molecule is CCCCCCCCCCCCCCCc1ccncc1C(=O)OC. The third kappa shape index (κ3) is 10.3. The molecule has 0 aliphatic heterocycles. The van der Waals surface area contributed by atoms with Crippen LogP contribution in [0.25, 0.3) is 0 Å². The number of carbonyl (C=O) groups excluding carboxylic acids is 1. The topological polar surface area (TPSA) is 39.2 Å². The second-order valence-corrected chi connectivity index (χ2v) is 7.02. The van der Waals surface area contributed by atoms with E-state index >= 15 is 0 Å². The number of rotatable bonds is 15. The lowest BCUT2D eigenvalue weighted by Crippen LogP contribution is -2.06. The van der Waals surface area contributed by atoms with Crippen LogP contribution in [0.4, 0.5) is 0 Å². The van der Waals surface area contributed by atoms with Crippen LogP contribution in [0.5, 0.6) is 0 Å². The minimum atomic E-state index is -0.280. The van der Waals surface area contributed by atoms with Crippen molar-refractivity contribution in [3.8, 4) is 0 Å². The molecule has 0 saturated heterocycles. The van der Waals surface area contributed by atoms with Crippen molar-refractivity contribution < 1.29 is 9.53 Å². The molecule has 1 heterocycles. The van der Waals surface area contributed by atoms with Crippen LogP contribution >= 0.6 is 0 Å². The predicted molar refractivity (Wildman–Crippen MR) is 105 cm³/mol. The number of methoxy groups -OCH3 is 1. The van der Waals surface area contributed by atoms with Gasteiger partial charge < -0.3 is 4.74 Å². The van der Waals surface area contributed by atoms with Crippen molar-refractivity contribution in [3.63, 3.8) is 0 Å². The summed E-state index contributed by atoms with van der Waals surface area (Å²) in [7, 11) is 1.42. The van der Waals surface area contributed by atoms with E-state index in [0.29, 0.717) is 5.56 Å². The van der Waals surface area contributed by atoms with Crippen LogP contribution in [0, 0.1) is 0 Å². The Bertz CT molecular complexity index is 459. The smallest absolute Gasteiger partial charge is 0.339 e. The molecule has 0 aliphatic carbocycles. The van der Waals surface area contributed by atoms with E-state index < -0.39 is 0 Å². The number of nitrogens with zero attached hydrogens (tertiary/aromatic N) is 1. The van der Waals surface area contributed by atoms with E-state index in [1.807, 2.05) is 6.07 Å². The summed E-state index contributed by atoms with van der Waals surface area (Å²) >= 11 is 0. The van der Waals surface area contributed by atoms with E-state index in [4.69, 9.17) is 4.74 Å². The van der Waals surface area contributed by atoms with Crippen LogP contribution in [0.2, 0.25) is 0 Å². The van der Waals surface area contributed by atoms with E-state index in [1.165, 1.54) is 84.2 Å². The second-order valence-electron chi connectivity index (χ2n) is 7.02. The first-order valence-corrected chi connectivity index (χ1v) is 10.3. The van der Waals surface area contributed by atoms with Crippen molar-refractivity contribution >= 4 is 5.97 Å². The summed E-state index contributed by atoms with van der Waals surface area (Å²) in [6.07, 6.45) is 21.9. The van der Waals surface area contributed by atoms with Crippen LogP contribution < -0.4 is 0 Å². The van der Waals surface area contributed by atoms with E-state index in [1.54, 1.807) is 12.4 Å². The summed E-state index contributed by atoms with van der Waals surface area (Å²) in [5.74, 6) is -0.280. The Morgan fingerprint density at radius 1 is 0.880 bits per heavy atom. The monoisotopic (exact) mass is 347 g/mol. The summed E-state index contributed by atoms with van der Waals surface area (Å²) < 4.78 is 4.82. The molecule has 0 amide bonds. The molecule has 0 spiro atoms. The Balaban J connectivity index is 1.98. The summed E-state index contributed by atoms with van der Waals surface area (Å²) in [4.78, 5) is 15.7. The molecule has 0 fully saturated rings. The number of ether oxygens (including phenoxy) is 1. The molecule has 1 aromatic rings. The van der Waals surface area contributed by atoms with Crippen molar-refractivity contribution in [1.82, 2.24) is 4.98 Å². The molecule has 25 heavy (non-hydrogen) atoms. The number of aromatic nitrogens is 1. The lowest BCUT2D eigenvalue weighted by molar-refractivity contribution is 0.0599. The molecule has 1 aromatic heterocycles. The summed E-state index contributed by atoms with van der Waals surface area (Å²) in [5.41, 5.74) is 1.67. The predicted octanol–water partition coefficient (Wildman–Crippen LogP) is 6.50. The Labute approximate surface area is 154 Å². The van der Waals surface area contributed by atoms with Crippen LogP contribution in [-0.2, 0) is 11.2 Å². The molecule has 1 rings (SSSR count). The van der Waals surface area contributed by atoms with E-state index in [2.05, 4.69) is 11.9 Å². The molecular formula is C22H37NO2. The zero-order chi connectivity index (χ0) is 18.2. The standard InChI is InChI=1S/C22H37NO2/c1-3-4-5-6-7-8-9-10-11-12-13-14-15-16-20-17-18-23-19-21(20)22(24)25-2/h17-19H,3-16H2,1-2H3. The van der Waals surface area contributed by atoms with Gasteiger partial charge in [-0.15, -0.1) is 0 Å². The third-order valence-corrected chi connectivity index (χ3v) is 4.87. The van der Waals surface area contributed by atoms with E-state index in [0.717, 1.165) is 18.4 Å². The highest BCUT2D eigenvalue weighted by Crippen LogP contribution is 2.15. The van der Waals surface area contributed by atoms with Gasteiger partial charge in [-0.25, -0.2) is 4.79 Å². The third-order valence-electron chi connectivity index (χ3n) is 4.87. The first-order chi connectivity index (χ1) is 12.3. The fraction of sp³-hybridized carbons (Fsp3) is 0.727. The maximum absolute atomic E-state index is 11.7. The molecule has 3 nitrogen and oxygen atoms in total. The molecule has 142 valence electrons. The largest absolute Gasteiger partial charge is 0.465 e. The Morgan fingerprint density at radius 3 is 1.92 bits per heavy atom. The number of unbranched alkanes of at least 4 members (excludes halogenated alkanes) is 12. The normalized spacial score (nSPS) is 10.8. The average Bonchev–Trinajstić information content (AvgIpc) is 2.65. The molecule has 0 radical (unpaired) electrons. The van der Waals surface area contributed by atoms with Gasteiger partial charge >= 0.3 is 5.97 Å². The molecule has 0 unspecified atom stereocenters. The fourth-order valence-electron chi connectivity index (χ4n) is 3.27. The Hall–Kier alpha value is -1.38. The quantitative estimate of drug-likeness (QED) is 0.268. The minimum absolute atomic E-state index is 0.280. The van der Waals surface area contributed by atoms with Crippen molar-refractivity contribution in [2.75, 3.05) is 7.11 Å². The van der Waals surface area contributed by atoms with E-state index in [9.17, 15) is 4.79 Å². The zero-order valence-electron chi connectivity index (χ0n) is 16.4. The second kappa shape index (κ2) is 14.9. The maximum atomic E-state index is 11.7. The Morgan fingerprint density at radius 2 is 1.40 bits per heavy atom. The van der Waals surface area contributed by atoms with Gasteiger partial charge in [0.2, 0.25) is 0 Å². The number of hydrogen-bond donors (Lipinski definition) is 0. The molecule has 0 atom stereocenters. The number of aryl methyl sites for hydroxylation is 1. The molecule has 0 bridgehead atoms. The van der Waals surface area contributed by atoms with Crippen LogP contribution in [-0.4, -0.2) is 18.1 Å². The van der Waals surface area contributed by atoms with Gasteiger partial charge in [-0.1, -0.05) is 84.0 Å². The number of esters is 1. The van der Waals surface area contributed by atoms with Crippen molar-refractivity contribution in [2.24, 2.45) is 0 Å². The maximum Gasteiger partial charge on any atom is 0.339 e. The lowest BCUT2D eigenvalue weighted by atomic mass is 10.0. The Kier molecular flexibility index (Phi) is 12.9. The van der Waals surface area contributed by atoms with Gasteiger partial charge in [0.1, 0.15) is 0 Å². The summed E-state index contributed by atoms with van der Waals surface area (Å²) in [5, 5.41) is 0.